The quantitative estimate of drug-likeness (QED) is 0.509. The molecule has 1 aromatic heterocycles. The molecule has 21 heavy (non-hydrogen) atoms. The van der Waals surface area contributed by atoms with Crippen LogP contribution in [0.25, 0.3) is 10.9 Å². The number of aromatic nitrogens is 1. The van der Waals surface area contributed by atoms with Gasteiger partial charge in [-0.1, -0.05) is 30.3 Å². The number of nitrogens with one attached hydrogen (secondary N) is 2. The highest BCUT2D eigenvalue weighted by atomic mass is 16.3. The molecule has 3 aromatic rings. The van der Waals surface area contributed by atoms with Crippen LogP contribution in [0.1, 0.15) is 15.9 Å². The van der Waals surface area contributed by atoms with Gasteiger partial charge in [0.1, 0.15) is 5.75 Å². The summed E-state index contributed by atoms with van der Waals surface area (Å²) in [6, 6.07) is 14.1. The monoisotopic (exact) mass is 279 g/mol. The number of H-pyrrole nitrogens is 1. The van der Waals surface area contributed by atoms with Crippen molar-refractivity contribution < 1.29 is 9.90 Å². The van der Waals surface area contributed by atoms with Crippen LogP contribution in [0.15, 0.2) is 59.8 Å². The van der Waals surface area contributed by atoms with Gasteiger partial charge in [0.2, 0.25) is 0 Å². The van der Waals surface area contributed by atoms with Gasteiger partial charge in [-0.25, -0.2) is 5.43 Å². The van der Waals surface area contributed by atoms with Gasteiger partial charge in [0.15, 0.2) is 0 Å². The van der Waals surface area contributed by atoms with E-state index in [9.17, 15) is 9.90 Å². The Kier molecular flexibility index (Phi) is 3.39. The first-order valence-electron chi connectivity index (χ1n) is 6.43. The number of para-hydroxylation sites is 2. The van der Waals surface area contributed by atoms with Gasteiger partial charge in [-0.3, -0.25) is 4.79 Å². The molecule has 0 aliphatic carbocycles. The van der Waals surface area contributed by atoms with E-state index >= 15 is 0 Å². The van der Waals surface area contributed by atoms with Crippen LogP contribution in [0, 0.1) is 0 Å². The number of nitrogens with zero attached hydrogens (tertiary/aromatic N) is 1. The molecule has 3 N–H and O–H groups in total. The maximum atomic E-state index is 11.9. The first kappa shape index (κ1) is 12.9. The Morgan fingerprint density at radius 1 is 1.14 bits per heavy atom. The van der Waals surface area contributed by atoms with Crippen LogP contribution >= 0.6 is 0 Å². The highest BCUT2D eigenvalue weighted by Gasteiger charge is 2.08. The van der Waals surface area contributed by atoms with Crippen molar-refractivity contribution in [3.05, 3.63) is 65.9 Å². The van der Waals surface area contributed by atoms with Crippen molar-refractivity contribution in [1.82, 2.24) is 10.4 Å². The molecule has 0 aliphatic rings. The first-order chi connectivity index (χ1) is 10.3. The molecule has 1 amide bonds. The van der Waals surface area contributed by atoms with E-state index in [0.717, 1.165) is 16.5 Å². The molecule has 0 aliphatic heterocycles. The summed E-state index contributed by atoms with van der Waals surface area (Å²) in [7, 11) is 0. The van der Waals surface area contributed by atoms with E-state index in [2.05, 4.69) is 15.5 Å². The zero-order chi connectivity index (χ0) is 14.7. The normalized spacial score (nSPS) is 11.0. The standard InChI is InChI=1S/C16H13N3O2/c20-15-8-4-2-6-13(15)16(21)19-18-10-11-9-17-14-7-3-1-5-12(11)14/h1-10,17,20H,(H,19,21)/b18-10-. The maximum absolute atomic E-state index is 11.9. The number of hydrogen-bond donors (Lipinski definition) is 3. The molecule has 5 nitrogen and oxygen atoms in total. The molecule has 1 heterocycles. The van der Waals surface area contributed by atoms with Crippen LogP contribution in [-0.2, 0) is 0 Å². The Morgan fingerprint density at radius 2 is 1.90 bits per heavy atom. The summed E-state index contributed by atoms with van der Waals surface area (Å²) >= 11 is 0. The zero-order valence-electron chi connectivity index (χ0n) is 11.1. The average molecular weight is 279 g/mol. The van der Waals surface area contributed by atoms with Gasteiger partial charge in [0, 0.05) is 22.7 Å². The summed E-state index contributed by atoms with van der Waals surface area (Å²) in [6.45, 7) is 0. The van der Waals surface area contributed by atoms with E-state index in [-0.39, 0.29) is 11.3 Å². The minimum absolute atomic E-state index is 0.0719. The van der Waals surface area contributed by atoms with Crippen LogP contribution in [0.3, 0.4) is 0 Å². The molecule has 104 valence electrons. The van der Waals surface area contributed by atoms with Gasteiger partial charge >= 0.3 is 0 Å². The lowest BCUT2D eigenvalue weighted by atomic mass is 10.2. The smallest absolute Gasteiger partial charge is 0.275 e. The van der Waals surface area contributed by atoms with Crippen LogP contribution in [-0.4, -0.2) is 22.2 Å². The number of benzene rings is 2. The zero-order valence-corrected chi connectivity index (χ0v) is 11.1. The molecule has 3 rings (SSSR count). The highest BCUT2D eigenvalue weighted by Crippen LogP contribution is 2.16. The Hall–Kier alpha value is -3.08. The van der Waals surface area contributed by atoms with E-state index in [1.165, 1.54) is 12.1 Å². The number of phenols is 1. The summed E-state index contributed by atoms with van der Waals surface area (Å²) in [5.74, 6) is -0.526. The third-order valence-corrected chi connectivity index (χ3v) is 3.14. The second-order valence-electron chi connectivity index (χ2n) is 4.51. The second kappa shape index (κ2) is 5.50. The number of carbonyl (C=O) groups is 1. The summed E-state index contributed by atoms with van der Waals surface area (Å²) in [5, 5.41) is 14.5. The van der Waals surface area contributed by atoms with Gasteiger partial charge in [0.25, 0.3) is 5.91 Å². The minimum Gasteiger partial charge on any atom is -0.507 e. The van der Waals surface area contributed by atoms with Gasteiger partial charge in [0.05, 0.1) is 11.8 Å². The SMILES string of the molecule is O=C(N/N=C\c1c[nH]c2ccccc12)c1ccccc1O. The van der Waals surface area contributed by atoms with E-state index < -0.39 is 5.91 Å². The fraction of sp³-hybridized carbons (Fsp3) is 0. The van der Waals surface area contributed by atoms with Crippen LogP contribution in [0.5, 0.6) is 5.75 Å². The molecule has 0 spiro atoms. The van der Waals surface area contributed by atoms with E-state index in [1.807, 2.05) is 30.5 Å². The number of hydrogen-bond acceptors (Lipinski definition) is 3. The largest absolute Gasteiger partial charge is 0.507 e. The number of fused-ring (bicyclic) bond motifs is 1. The van der Waals surface area contributed by atoms with Crippen LogP contribution < -0.4 is 5.43 Å². The van der Waals surface area contributed by atoms with Gasteiger partial charge in [-0.2, -0.15) is 5.10 Å². The number of carbonyl (C=O) groups excluding carboxylic acids is 1. The van der Waals surface area contributed by atoms with Crippen molar-refractivity contribution in [3.8, 4) is 5.75 Å². The molecule has 0 atom stereocenters. The third kappa shape index (κ3) is 2.62. The molecule has 0 saturated carbocycles. The topological polar surface area (TPSA) is 77.5 Å². The van der Waals surface area contributed by atoms with E-state index in [1.54, 1.807) is 18.3 Å². The summed E-state index contributed by atoms with van der Waals surface area (Å²) in [6.07, 6.45) is 3.39. The molecular formula is C16H13N3O2. The molecule has 0 fully saturated rings. The van der Waals surface area contributed by atoms with Crippen molar-refractivity contribution in [2.45, 2.75) is 0 Å². The fourth-order valence-electron chi connectivity index (χ4n) is 2.09. The number of aromatic hydroxyl groups is 1. The number of hydrazone groups is 1. The number of phenolic OH excluding ortho intramolecular Hbond substituents is 1. The number of amides is 1. The lowest BCUT2D eigenvalue weighted by Gasteiger charge is -2.01. The Bertz CT molecular complexity index is 821. The van der Waals surface area contributed by atoms with Crippen LogP contribution in [0.4, 0.5) is 0 Å². The number of rotatable bonds is 3. The van der Waals surface area contributed by atoms with Gasteiger partial charge < -0.3 is 10.1 Å². The predicted molar refractivity (Wildman–Crippen MR) is 81.5 cm³/mol. The molecule has 0 unspecified atom stereocenters. The Morgan fingerprint density at radius 3 is 2.76 bits per heavy atom. The number of aromatic amines is 1. The summed E-state index contributed by atoms with van der Waals surface area (Å²) in [4.78, 5) is 15.0. The van der Waals surface area contributed by atoms with E-state index in [4.69, 9.17) is 0 Å². The molecule has 5 heteroatoms. The Balaban J connectivity index is 1.76. The van der Waals surface area contributed by atoms with Gasteiger partial charge in [-0.05, 0) is 18.2 Å². The van der Waals surface area contributed by atoms with Crippen molar-refractivity contribution in [2.75, 3.05) is 0 Å². The van der Waals surface area contributed by atoms with E-state index in [0.29, 0.717) is 0 Å². The summed E-state index contributed by atoms with van der Waals surface area (Å²) in [5.41, 5.74) is 4.47. The molecule has 0 bridgehead atoms. The lowest BCUT2D eigenvalue weighted by molar-refractivity contribution is 0.0952. The fourth-order valence-corrected chi connectivity index (χ4v) is 2.09. The van der Waals surface area contributed by atoms with Crippen molar-refractivity contribution in [2.24, 2.45) is 5.10 Å². The van der Waals surface area contributed by atoms with Crippen molar-refractivity contribution >= 4 is 23.0 Å². The highest BCUT2D eigenvalue weighted by molar-refractivity contribution is 6.00. The average Bonchev–Trinajstić information content (AvgIpc) is 2.91. The minimum atomic E-state index is -0.454. The summed E-state index contributed by atoms with van der Waals surface area (Å²) < 4.78 is 0. The third-order valence-electron chi connectivity index (χ3n) is 3.14. The maximum Gasteiger partial charge on any atom is 0.275 e. The van der Waals surface area contributed by atoms with Crippen LogP contribution in [0.2, 0.25) is 0 Å². The van der Waals surface area contributed by atoms with Crippen molar-refractivity contribution in [3.63, 3.8) is 0 Å². The van der Waals surface area contributed by atoms with Crippen molar-refractivity contribution in [1.29, 1.82) is 0 Å². The molecule has 0 saturated heterocycles. The molecule has 0 radical (unpaired) electrons. The lowest BCUT2D eigenvalue weighted by Crippen LogP contribution is -2.17. The molecular weight excluding hydrogens is 266 g/mol. The predicted octanol–water partition coefficient (Wildman–Crippen LogP) is 2.64. The molecule has 2 aromatic carbocycles. The second-order valence-corrected chi connectivity index (χ2v) is 4.51. The first-order valence-corrected chi connectivity index (χ1v) is 6.43. The Labute approximate surface area is 120 Å². The van der Waals surface area contributed by atoms with Gasteiger partial charge in [-0.15, -0.1) is 0 Å².